The van der Waals surface area contributed by atoms with Crippen molar-refractivity contribution in [3.05, 3.63) is 97.8 Å². The van der Waals surface area contributed by atoms with Gasteiger partial charge in [-0.3, -0.25) is 23.9 Å². The molecule has 0 atom stereocenters. The molecule has 2 heterocycles. The van der Waals surface area contributed by atoms with Gasteiger partial charge in [0.25, 0.3) is 11.5 Å². The van der Waals surface area contributed by atoms with Crippen LogP contribution in [-0.4, -0.2) is 63.5 Å². The molecule has 0 bridgehead atoms. The monoisotopic (exact) mass is 599 g/mol. The summed E-state index contributed by atoms with van der Waals surface area (Å²) in [7, 11) is 2.71. The Labute approximate surface area is 247 Å². The minimum absolute atomic E-state index is 0.0183. The second-order valence-electron chi connectivity index (χ2n) is 11.1. The van der Waals surface area contributed by atoms with Crippen LogP contribution in [0.15, 0.2) is 64.3 Å². The van der Waals surface area contributed by atoms with Crippen LogP contribution in [0.5, 0.6) is 0 Å². The lowest BCUT2D eigenvalue weighted by Crippen LogP contribution is -2.49. The fourth-order valence-corrected chi connectivity index (χ4v) is 5.07. The van der Waals surface area contributed by atoms with Gasteiger partial charge in [-0.05, 0) is 41.3 Å². The molecule has 1 fully saturated rings. The maximum absolute atomic E-state index is 13.5. The third-order valence-corrected chi connectivity index (χ3v) is 7.74. The van der Waals surface area contributed by atoms with E-state index in [1.807, 2.05) is 29.2 Å². The van der Waals surface area contributed by atoms with Crippen molar-refractivity contribution < 1.29 is 22.8 Å². The van der Waals surface area contributed by atoms with Crippen molar-refractivity contribution in [3.63, 3.8) is 0 Å². The molecule has 3 aromatic rings. The Morgan fingerprint density at radius 3 is 2.21 bits per heavy atom. The Balaban J connectivity index is 1.46. The van der Waals surface area contributed by atoms with Crippen molar-refractivity contribution >= 4 is 17.5 Å². The molecule has 43 heavy (non-hydrogen) atoms. The lowest BCUT2D eigenvalue weighted by molar-refractivity contribution is -0.137. The zero-order valence-electron chi connectivity index (χ0n) is 24.7. The summed E-state index contributed by atoms with van der Waals surface area (Å²) >= 11 is 0. The quantitative estimate of drug-likeness (QED) is 0.395. The lowest BCUT2D eigenvalue weighted by atomic mass is 10.0. The van der Waals surface area contributed by atoms with Crippen LogP contribution < -0.4 is 16.1 Å². The van der Waals surface area contributed by atoms with E-state index in [-0.39, 0.29) is 30.1 Å². The van der Waals surface area contributed by atoms with Crippen LogP contribution in [0.25, 0.3) is 0 Å². The van der Waals surface area contributed by atoms with Crippen molar-refractivity contribution in [2.45, 2.75) is 38.9 Å². The predicted octanol–water partition coefficient (Wildman–Crippen LogP) is 3.61. The van der Waals surface area contributed by atoms with Crippen molar-refractivity contribution in [1.29, 1.82) is 0 Å². The largest absolute Gasteiger partial charge is 0.416 e. The second kappa shape index (κ2) is 13.0. The van der Waals surface area contributed by atoms with Crippen LogP contribution in [0.1, 0.15) is 53.2 Å². The van der Waals surface area contributed by atoms with Gasteiger partial charge < -0.3 is 14.4 Å². The van der Waals surface area contributed by atoms with E-state index in [0.717, 1.165) is 31.7 Å². The lowest BCUT2D eigenvalue weighted by Gasteiger charge is -2.35. The molecule has 9 nitrogen and oxygen atoms in total. The van der Waals surface area contributed by atoms with Gasteiger partial charge >= 0.3 is 11.9 Å². The van der Waals surface area contributed by atoms with Crippen molar-refractivity contribution in [1.82, 2.24) is 18.9 Å². The zero-order valence-corrected chi connectivity index (χ0v) is 24.7. The molecule has 1 aliphatic heterocycles. The van der Waals surface area contributed by atoms with Crippen LogP contribution in [0.2, 0.25) is 0 Å². The maximum atomic E-state index is 13.5. The number of amides is 2. The predicted molar refractivity (Wildman–Crippen MR) is 157 cm³/mol. The molecule has 0 N–H and O–H groups in total. The van der Waals surface area contributed by atoms with Gasteiger partial charge in [-0.25, -0.2) is 4.79 Å². The van der Waals surface area contributed by atoms with Crippen LogP contribution >= 0.6 is 0 Å². The second-order valence-corrected chi connectivity index (χ2v) is 11.1. The van der Waals surface area contributed by atoms with E-state index in [0.29, 0.717) is 44.2 Å². The van der Waals surface area contributed by atoms with Crippen molar-refractivity contribution in [3.8, 4) is 0 Å². The smallest absolute Gasteiger partial charge is 0.336 e. The van der Waals surface area contributed by atoms with Gasteiger partial charge in [0.05, 0.1) is 12.1 Å². The molecule has 1 saturated heterocycles. The molecule has 2 aromatic carbocycles. The molecule has 4 rings (SSSR count). The maximum Gasteiger partial charge on any atom is 0.416 e. The Morgan fingerprint density at radius 2 is 1.60 bits per heavy atom. The number of alkyl halides is 3. The average Bonchev–Trinajstić information content (AvgIpc) is 2.99. The molecular formula is C31H36F3N5O4. The number of carbonyl (C=O) groups is 2. The first-order valence-electron chi connectivity index (χ1n) is 14.1. The van der Waals surface area contributed by atoms with E-state index in [2.05, 4.69) is 13.8 Å². The molecule has 0 aliphatic carbocycles. The topological polar surface area (TPSA) is 87.9 Å². The van der Waals surface area contributed by atoms with Crippen molar-refractivity contribution in [2.24, 2.45) is 14.1 Å². The van der Waals surface area contributed by atoms with Gasteiger partial charge in [-0.2, -0.15) is 13.2 Å². The van der Waals surface area contributed by atoms with Crippen LogP contribution in [-0.2, 0) is 31.6 Å². The normalized spacial score (nSPS) is 14.3. The van der Waals surface area contributed by atoms with Gasteiger partial charge in [0.15, 0.2) is 0 Å². The van der Waals surface area contributed by atoms with E-state index < -0.39 is 28.9 Å². The number of aryl methyl sites for hydroxylation is 1. The molecule has 12 heteroatoms. The first kappa shape index (κ1) is 31.7. The highest BCUT2D eigenvalue weighted by Gasteiger charge is 2.31. The van der Waals surface area contributed by atoms with Crippen LogP contribution in [0, 0.1) is 0 Å². The minimum atomic E-state index is -4.57. The Bertz CT molecular complexity index is 1590. The van der Waals surface area contributed by atoms with Crippen LogP contribution in [0.3, 0.4) is 0 Å². The molecule has 0 radical (unpaired) electrons. The highest BCUT2D eigenvalue weighted by atomic mass is 19.4. The SMILES string of the molecule is CC(C)c1ccc(C(=O)N2CCN(CCC(=O)N(Cc3cccc(C(F)(F)F)c3)c3cn(C)c(=O)n(C)c3=O)CC2)cc1. The number of piperazine rings is 1. The summed E-state index contributed by atoms with van der Waals surface area (Å²) in [5, 5.41) is 0. The standard InChI is InChI=1S/C31H36F3N5O4/c1-21(2)23-8-10-24(11-9-23)28(41)38-16-14-37(15-17-38)13-12-27(40)39(26-20-35(3)30(43)36(4)29(26)42)19-22-6-5-7-25(18-22)31(32,33)34/h5-11,18,20-21H,12-17,19H2,1-4H3. The number of benzene rings is 2. The number of nitrogens with zero attached hydrogens (tertiary/aromatic N) is 5. The zero-order chi connectivity index (χ0) is 31.5. The summed E-state index contributed by atoms with van der Waals surface area (Å²) < 4.78 is 42.0. The number of carbonyl (C=O) groups excluding carboxylic acids is 2. The minimum Gasteiger partial charge on any atom is -0.336 e. The van der Waals surface area contributed by atoms with Crippen LogP contribution in [0.4, 0.5) is 18.9 Å². The fourth-order valence-electron chi connectivity index (χ4n) is 5.07. The van der Waals surface area contributed by atoms with E-state index in [1.54, 1.807) is 4.90 Å². The van der Waals surface area contributed by atoms with E-state index >= 15 is 0 Å². The van der Waals surface area contributed by atoms with Gasteiger partial charge in [0, 0.05) is 65.0 Å². The van der Waals surface area contributed by atoms with E-state index in [1.165, 1.54) is 32.4 Å². The summed E-state index contributed by atoms with van der Waals surface area (Å²) in [6.07, 6.45) is -3.36. The van der Waals surface area contributed by atoms with E-state index in [4.69, 9.17) is 0 Å². The molecule has 0 saturated carbocycles. The molecule has 1 aromatic heterocycles. The third-order valence-electron chi connectivity index (χ3n) is 7.74. The van der Waals surface area contributed by atoms with Gasteiger partial charge in [0.2, 0.25) is 5.91 Å². The molecule has 1 aliphatic rings. The number of hydrogen-bond donors (Lipinski definition) is 0. The van der Waals surface area contributed by atoms with Gasteiger partial charge in [-0.15, -0.1) is 0 Å². The number of rotatable bonds is 8. The number of halogens is 3. The molecular weight excluding hydrogens is 563 g/mol. The van der Waals surface area contributed by atoms with Crippen molar-refractivity contribution in [2.75, 3.05) is 37.6 Å². The highest BCUT2D eigenvalue weighted by molar-refractivity contribution is 5.94. The highest BCUT2D eigenvalue weighted by Crippen LogP contribution is 2.30. The summed E-state index contributed by atoms with van der Waals surface area (Å²) in [6.45, 7) is 6.27. The molecule has 0 unspecified atom stereocenters. The first-order valence-corrected chi connectivity index (χ1v) is 14.1. The Morgan fingerprint density at radius 1 is 0.953 bits per heavy atom. The summed E-state index contributed by atoms with van der Waals surface area (Å²) in [5.74, 6) is -0.158. The average molecular weight is 600 g/mol. The summed E-state index contributed by atoms with van der Waals surface area (Å²) in [6, 6.07) is 12.2. The number of hydrogen-bond acceptors (Lipinski definition) is 5. The molecule has 230 valence electrons. The summed E-state index contributed by atoms with van der Waals surface area (Å²) in [4.78, 5) is 56.7. The third kappa shape index (κ3) is 7.42. The summed E-state index contributed by atoms with van der Waals surface area (Å²) in [5.41, 5.74) is -0.325. The van der Waals surface area contributed by atoms with Gasteiger partial charge in [-0.1, -0.05) is 38.1 Å². The van der Waals surface area contributed by atoms with Gasteiger partial charge in [0.1, 0.15) is 5.69 Å². The number of aromatic nitrogens is 2. The van der Waals surface area contributed by atoms with E-state index in [9.17, 15) is 32.3 Å². The first-order chi connectivity index (χ1) is 20.3. The Hall–Kier alpha value is -4.19. The number of anilines is 1. The fraction of sp³-hybridized carbons (Fsp3) is 0.419. The Kier molecular flexibility index (Phi) is 9.59. The molecule has 2 amide bonds. The molecule has 0 spiro atoms.